The monoisotopic (exact) mass is 292 g/mol. The molecule has 1 saturated heterocycles. The largest absolute Gasteiger partial charge is 0.394 e. The van der Waals surface area contributed by atoms with Gasteiger partial charge in [0, 0.05) is 6.20 Å². The maximum atomic E-state index is 10.1. The lowest BCUT2D eigenvalue weighted by atomic mass is 10.1. The molecule has 1 aliphatic heterocycles. The highest BCUT2D eigenvalue weighted by atomic mass is 16.6. The number of hydrogen-bond donors (Lipinski definition) is 4. The van der Waals surface area contributed by atoms with Crippen molar-refractivity contribution in [2.24, 2.45) is 0 Å². The molecule has 2 aromatic heterocycles. The predicted molar refractivity (Wildman–Crippen MR) is 69.7 cm³/mol. The number of hydrogen-bond acceptors (Lipinski definition) is 8. The molecule has 21 heavy (non-hydrogen) atoms. The molecule has 9 nitrogen and oxygen atoms in total. The lowest BCUT2D eigenvalue weighted by Gasteiger charge is -2.17. The number of rotatable bonds is 2. The van der Waals surface area contributed by atoms with Gasteiger partial charge in [-0.05, 0) is 0 Å². The number of aliphatic hydroxyl groups is 3. The number of aromatic nitrogens is 3. The number of nitrogen functional groups attached to an aromatic ring is 1. The van der Waals surface area contributed by atoms with Crippen molar-refractivity contribution in [2.75, 3.05) is 12.3 Å². The maximum Gasteiger partial charge on any atom is 0.164 e. The molecule has 0 radical (unpaired) electrons. The van der Waals surface area contributed by atoms with E-state index in [2.05, 4.69) is 9.97 Å². The molecule has 3 rings (SSSR count). The van der Waals surface area contributed by atoms with Crippen LogP contribution in [0.4, 0.5) is 5.82 Å². The molecule has 5 N–H and O–H groups in total. The number of aliphatic hydroxyl groups excluding tert-OH is 3. The van der Waals surface area contributed by atoms with E-state index in [1.165, 1.54) is 17.1 Å². The third-order valence-electron chi connectivity index (χ3n) is 3.55. The average molecular weight is 292 g/mol. The molecule has 4 atom stereocenters. The van der Waals surface area contributed by atoms with Crippen molar-refractivity contribution in [3.8, 4) is 6.07 Å². The van der Waals surface area contributed by atoms with Crippen molar-refractivity contribution in [3.05, 3.63) is 18.1 Å². The van der Waals surface area contributed by atoms with Crippen LogP contribution in [0, 0.1) is 11.3 Å². The number of anilines is 1. The van der Waals surface area contributed by atoms with Crippen LogP contribution in [0.15, 0.2) is 12.5 Å². The summed E-state index contributed by atoms with van der Waals surface area (Å²) in [4.78, 5) is 7.88. The van der Waals surface area contributed by atoms with E-state index in [4.69, 9.17) is 20.8 Å². The number of ether oxygens (including phenoxy) is 1. The second-order valence-electron chi connectivity index (χ2n) is 4.75. The van der Waals surface area contributed by atoms with Crippen LogP contribution in [0.25, 0.3) is 11.0 Å². The normalized spacial score (nSPS) is 28.9. The fourth-order valence-corrected chi connectivity index (χ4v) is 2.50. The molecule has 1 fully saturated rings. The Morgan fingerprint density at radius 1 is 1.38 bits per heavy atom. The van der Waals surface area contributed by atoms with Crippen LogP contribution < -0.4 is 5.73 Å². The number of fused-ring (bicyclic) bond motifs is 1. The first kappa shape index (κ1) is 13.7. The van der Waals surface area contributed by atoms with Crippen molar-refractivity contribution < 1.29 is 20.1 Å². The lowest BCUT2D eigenvalue weighted by Crippen LogP contribution is -2.33. The van der Waals surface area contributed by atoms with E-state index >= 15 is 0 Å². The number of nitrogens with two attached hydrogens (primary N) is 1. The fourth-order valence-electron chi connectivity index (χ4n) is 2.50. The molecule has 0 unspecified atom stereocenters. The minimum Gasteiger partial charge on any atom is -0.394 e. The Morgan fingerprint density at radius 2 is 2.14 bits per heavy atom. The summed E-state index contributed by atoms with van der Waals surface area (Å²) >= 11 is 0. The molecule has 1 aliphatic rings. The van der Waals surface area contributed by atoms with Crippen LogP contribution in [-0.2, 0) is 4.74 Å². The van der Waals surface area contributed by atoms with Crippen molar-refractivity contribution in [1.29, 1.82) is 5.26 Å². The summed E-state index contributed by atoms with van der Waals surface area (Å²) in [5.74, 6) is 0.141. The molecule has 2 aromatic rings. The smallest absolute Gasteiger partial charge is 0.164 e. The Labute approximate surface area is 118 Å². The minimum absolute atomic E-state index is 0.141. The quantitative estimate of drug-likeness (QED) is 0.522. The van der Waals surface area contributed by atoms with Crippen molar-refractivity contribution in [3.63, 3.8) is 0 Å². The molecule has 0 bridgehead atoms. The Hall–Kier alpha value is -2.25. The number of nitriles is 1. The summed E-state index contributed by atoms with van der Waals surface area (Å²) in [5.41, 5.74) is 6.30. The SMILES string of the molecule is N#Cc1cn([C@@H]2O[C@H](CO)[C@@H](O)[C@H]2O)c2n[13cH]nc(N)c12. The molecule has 0 aliphatic carbocycles. The Balaban J connectivity index is 2.14. The maximum absolute atomic E-state index is 10.1. The van der Waals surface area contributed by atoms with Gasteiger partial charge in [-0.3, -0.25) is 0 Å². The zero-order chi connectivity index (χ0) is 15.1. The summed E-state index contributed by atoms with van der Waals surface area (Å²) in [6.45, 7) is -0.434. The molecule has 0 saturated carbocycles. The third-order valence-corrected chi connectivity index (χ3v) is 3.55. The van der Waals surface area contributed by atoms with Crippen molar-refractivity contribution in [1.82, 2.24) is 14.5 Å². The Kier molecular flexibility index (Phi) is 3.23. The molecule has 0 spiro atoms. The number of nitrogens with zero attached hydrogens (tertiary/aromatic N) is 4. The molecule has 0 aromatic carbocycles. The van der Waals surface area contributed by atoms with Gasteiger partial charge in [0.25, 0.3) is 0 Å². The van der Waals surface area contributed by atoms with Gasteiger partial charge >= 0.3 is 0 Å². The molecule has 0 amide bonds. The summed E-state index contributed by atoms with van der Waals surface area (Å²) in [6, 6.07) is 1.98. The van der Waals surface area contributed by atoms with E-state index in [9.17, 15) is 10.2 Å². The predicted octanol–water partition coefficient (Wildman–Crippen LogP) is -1.50. The van der Waals surface area contributed by atoms with Gasteiger partial charge in [0.1, 0.15) is 42.2 Å². The zero-order valence-electron chi connectivity index (χ0n) is 10.8. The first-order valence-electron chi connectivity index (χ1n) is 6.22. The van der Waals surface area contributed by atoms with E-state index in [1.54, 1.807) is 0 Å². The molecule has 9 heteroatoms. The van der Waals surface area contributed by atoms with Crippen LogP contribution >= 0.6 is 0 Å². The van der Waals surface area contributed by atoms with E-state index < -0.39 is 31.1 Å². The Morgan fingerprint density at radius 3 is 2.76 bits per heavy atom. The third kappa shape index (κ3) is 1.93. The van der Waals surface area contributed by atoms with Gasteiger partial charge in [-0.2, -0.15) is 5.26 Å². The second kappa shape index (κ2) is 4.94. The van der Waals surface area contributed by atoms with Crippen LogP contribution in [0.1, 0.15) is 11.8 Å². The Bertz CT molecular complexity index is 724. The zero-order valence-corrected chi connectivity index (χ0v) is 10.8. The first-order valence-corrected chi connectivity index (χ1v) is 6.22. The topological polar surface area (TPSA) is 150 Å². The van der Waals surface area contributed by atoms with Gasteiger partial charge in [-0.15, -0.1) is 0 Å². The van der Waals surface area contributed by atoms with Gasteiger partial charge in [0.05, 0.1) is 17.6 Å². The van der Waals surface area contributed by atoms with E-state index in [0.29, 0.717) is 11.0 Å². The molecular formula is C12H13N5O4. The standard InChI is InChI=1S/C12H13N5O4/c13-1-5-2-17(11-7(5)10(14)15-4-16-11)12-9(20)8(19)6(3-18)21-12/h2,4,6,8-9,12,18-20H,3H2,(H2,14,15,16)/t6-,8-,9-,12-/m1/s1/i4+1. The highest BCUT2D eigenvalue weighted by molar-refractivity contribution is 5.91. The van der Waals surface area contributed by atoms with Crippen LogP contribution in [-0.4, -0.2) is 54.8 Å². The van der Waals surface area contributed by atoms with Gasteiger partial charge in [0.15, 0.2) is 6.23 Å². The van der Waals surface area contributed by atoms with Crippen LogP contribution in [0.2, 0.25) is 0 Å². The minimum atomic E-state index is -1.26. The highest BCUT2D eigenvalue weighted by Crippen LogP contribution is 2.34. The molecular weight excluding hydrogens is 279 g/mol. The van der Waals surface area contributed by atoms with Crippen molar-refractivity contribution >= 4 is 16.9 Å². The van der Waals surface area contributed by atoms with E-state index in [0.717, 1.165) is 0 Å². The lowest BCUT2D eigenvalue weighted by molar-refractivity contribution is -0.0508. The van der Waals surface area contributed by atoms with Crippen LogP contribution in [0.5, 0.6) is 0 Å². The van der Waals surface area contributed by atoms with E-state index in [1.807, 2.05) is 6.07 Å². The summed E-state index contributed by atoms with van der Waals surface area (Å²) in [5, 5.41) is 38.5. The van der Waals surface area contributed by atoms with Gasteiger partial charge in [0.2, 0.25) is 0 Å². The molecule has 110 valence electrons. The van der Waals surface area contributed by atoms with Gasteiger partial charge in [-0.1, -0.05) is 0 Å². The first-order chi connectivity index (χ1) is 10.1. The molecule has 3 heterocycles. The van der Waals surface area contributed by atoms with Crippen molar-refractivity contribution in [2.45, 2.75) is 24.5 Å². The fraction of sp³-hybridized carbons (Fsp3) is 0.417. The van der Waals surface area contributed by atoms with Gasteiger partial charge < -0.3 is 30.4 Å². The van der Waals surface area contributed by atoms with E-state index in [-0.39, 0.29) is 11.4 Å². The second-order valence-corrected chi connectivity index (χ2v) is 4.75. The summed E-state index contributed by atoms with van der Waals surface area (Å²) in [7, 11) is 0. The highest BCUT2D eigenvalue weighted by Gasteiger charge is 2.44. The summed E-state index contributed by atoms with van der Waals surface area (Å²) in [6.07, 6.45) is -1.72. The summed E-state index contributed by atoms with van der Waals surface area (Å²) < 4.78 is 6.84. The van der Waals surface area contributed by atoms with Crippen LogP contribution in [0.3, 0.4) is 0 Å². The average Bonchev–Trinajstić information content (AvgIpc) is 2.99. The van der Waals surface area contributed by atoms with Gasteiger partial charge in [-0.25, -0.2) is 9.97 Å².